The normalized spacial score (nSPS) is 10.6. The van der Waals surface area contributed by atoms with Crippen LogP contribution in [0.1, 0.15) is 34.1 Å². The summed E-state index contributed by atoms with van der Waals surface area (Å²) in [6.07, 6.45) is 3.85. The van der Waals surface area contributed by atoms with Gasteiger partial charge in [-0.1, -0.05) is 134 Å². The Hall–Kier alpha value is -2.80. The van der Waals surface area contributed by atoms with Crippen molar-refractivity contribution in [3.05, 3.63) is 150 Å². The Labute approximate surface area is 203 Å². The topological polar surface area (TPSA) is 0 Å². The lowest BCUT2D eigenvalue weighted by molar-refractivity contribution is 0.794. The van der Waals surface area contributed by atoms with E-state index < -0.39 is 0 Å². The van der Waals surface area contributed by atoms with Crippen molar-refractivity contribution in [2.45, 2.75) is 24.1 Å². The summed E-state index contributed by atoms with van der Waals surface area (Å²) in [7, 11) is 0. The number of rotatable bonds is 6. The highest BCUT2D eigenvalue weighted by atomic mass is 35.5. The van der Waals surface area contributed by atoms with Gasteiger partial charge in [-0.15, -0.1) is 23.2 Å². The summed E-state index contributed by atoms with van der Waals surface area (Å²) in [4.78, 5) is 0. The molecule has 0 amide bonds. The second-order valence-corrected chi connectivity index (χ2v) is 7.93. The van der Waals surface area contributed by atoms with E-state index in [1.54, 1.807) is 0 Å². The van der Waals surface area contributed by atoms with Crippen molar-refractivity contribution in [1.29, 1.82) is 0 Å². The summed E-state index contributed by atoms with van der Waals surface area (Å²) in [5.74, 6) is 0.612. The average Bonchev–Trinajstić information content (AvgIpc) is 2.90. The highest BCUT2D eigenvalue weighted by molar-refractivity contribution is 6.20. The summed E-state index contributed by atoms with van der Waals surface area (Å²) >= 11 is 11.9. The smallest absolute Gasteiger partial charge is 0.0588 e. The molecule has 0 saturated carbocycles. The summed E-state index contributed by atoms with van der Waals surface area (Å²) in [6.45, 7) is 3.63. The third-order valence-electron chi connectivity index (χ3n) is 4.72. The standard InChI is InChI=1S/C15H15Cl.C8H8.C7H7Cl/c16-15(14-9-5-2-6-10-14)12-11-13-7-3-1-4-8-13;1-2-8-6-4-3-5-7-8;8-6-7-4-2-1-3-5-7/h1-10,15H,11-12H2;2-7H,1H2;1-5H,6H2. The zero-order valence-corrected chi connectivity index (χ0v) is 19.8. The molecular weight excluding hydrogens is 431 g/mol. The predicted molar refractivity (Wildman–Crippen MR) is 142 cm³/mol. The molecule has 4 aromatic rings. The fourth-order valence-electron chi connectivity index (χ4n) is 2.92. The maximum Gasteiger partial charge on any atom is 0.0588 e. The Balaban J connectivity index is 0.000000190. The van der Waals surface area contributed by atoms with Crippen LogP contribution in [-0.4, -0.2) is 0 Å². The molecule has 0 N–H and O–H groups in total. The molecule has 0 aliphatic carbocycles. The van der Waals surface area contributed by atoms with E-state index in [1.807, 2.05) is 91.0 Å². The van der Waals surface area contributed by atoms with E-state index in [0.717, 1.165) is 12.8 Å². The maximum atomic E-state index is 6.36. The Kier molecular flexibility index (Phi) is 12.7. The van der Waals surface area contributed by atoms with Crippen LogP contribution in [0.3, 0.4) is 0 Å². The number of alkyl halides is 2. The fourth-order valence-corrected chi connectivity index (χ4v) is 3.36. The molecule has 4 rings (SSSR count). The number of benzene rings is 4. The molecule has 0 aromatic heterocycles. The van der Waals surface area contributed by atoms with Gasteiger partial charge in [-0.3, -0.25) is 0 Å². The van der Waals surface area contributed by atoms with Crippen molar-refractivity contribution in [2.24, 2.45) is 0 Å². The number of hydrogen-bond acceptors (Lipinski definition) is 0. The number of halogens is 2. The van der Waals surface area contributed by atoms with Gasteiger partial charge in [0.15, 0.2) is 0 Å². The second kappa shape index (κ2) is 15.9. The maximum absolute atomic E-state index is 6.36. The van der Waals surface area contributed by atoms with E-state index in [1.165, 1.54) is 22.3 Å². The Morgan fingerprint density at radius 2 is 1.06 bits per heavy atom. The van der Waals surface area contributed by atoms with Crippen molar-refractivity contribution in [3.8, 4) is 0 Å². The van der Waals surface area contributed by atoms with Crippen LogP contribution in [0, 0.1) is 0 Å². The van der Waals surface area contributed by atoms with Crippen LogP contribution in [0.15, 0.2) is 128 Å². The highest BCUT2D eigenvalue weighted by Crippen LogP contribution is 2.25. The van der Waals surface area contributed by atoms with Gasteiger partial charge in [-0.2, -0.15) is 0 Å². The van der Waals surface area contributed by atoms with Crippen LogP contribution in [0.2, 0.25) is 0 Å². The largest absolute Gasteiger partial charge is 0.122 e. The van der Waals surface area contributed by atoms with Gasteiger partial charge in [-0.25, -0.2) is 0 Å². The third kappa shape index (κ3) is 10.5. The van der Waals surface area contributed by atoms with Crippen LogP contribution >= 0.6 is 23.2 Å². The summed E-state index contributed by atoms with van der Waals surface area (Å²) in [5, 5.41) is 0.112. The molecule has 1 unspecified atom stereocenters. The Morgan fingerprint density at radius 1 is 0.625 bits per heavy atom. The molecule has 4 aromatic carbocycles. The van der Waals surface area contributed by atoms with Crippen LogP contribution in [0.5, 0.6) is 0 Å². The fraction of sp³-hybridized carbons (Fsp3) is 0.133. The van der Waals surface area contributed by atoms with Gasteiger partial charge in [-0.05, 0) is 35.1 Å². The third-order valence-corrected chi connectivity index (χ3v) is 5.50. The molecule has 0 heterocycles. The molecule has 0 fully saturated rings. The lowest BCUT2D eigenvalue weighted by Crippen LogP contribution is -1.93. The predicted octanol–water partition coefficient (Wildman–Crippen LogP) is 9.35. The molecule has 32 heavy (non-hydrogen) atoms. The van der Waals surface area contributed by atoms with Gasteiger partial charge in [0, 0.05) is 5.88 Å². The van der Waals surface area contributed by atoms with E-state index >= 15 is 0 Å². The van der Waals surface area contributed by atoms with Crippen molar-refractivity contribution in [2.75, 3.05) is 0 Å². The lowest BCUT2D eigenvalue weighted by Gasteiger charge is -2.09. The van der Waals surface area contributed by atoms with Crippen molar-refractivity contribution < 1.29 is 0 Å². The minimum atomic E-state index is 0.112. The van der Waals surface area contributed by atoms with E-state index in [9.17, 15) is 0 Å². The molecule has 1 atom stereocenters. The SMILES string of the molecule is C=Cc1ccccc1.ClC(CCc1ccccc1)c1ccccc1.ClCc1ccccc1. The van der Waals surface area contributed by atoms with Crippen molar-refractivity contribution in [3.63, 3.8) is 0 Å². The van der Waals surface area contributed by atoms with E-state index in [2.05, 4.69) is 43.0 Å². The summed E-state index contributed by atoms with van der Waals surface area (Å²) < 4.78 is 0. The van der Waals surface area contributed by atoms with Crippen LogP contribution in [0.4, 0.5) is 0 Å². The monoisotopic (exact) mass is 460 g/mol. The highest BCUT2D eigenvalue weighted by Gasteiger charge is 2.06. The first-order chi connectivity index (χ1) is 15.7. The minimum absolute atomic E-state index is 0.112. The first-order valence-electron chi connectivity index (χ1n) is 10.7. The molecule has 0 bridgehead atoms. The molecule has 0 radical (unpaired) electrons. The lowest BCUT2D eigenvalue weighted by atomic mass is 10.0. The Morgan fingerprint density at radius 3 is 1.47 bits per heavy atom. The molecular formula is C30H30Cl2. The minimum Gasteiger partial charge on any atom is -0.122 e. The molecule has 2 heteroatoms. The number of hydrogen-bond donors (Lipinski definition) is 0. The average molecular weight is 461 g/mol. The van der Waals surface area contributed by atoms with Gasteiger partial charge >= 0.3 is 0 Å². The quantitative estimate of drug-likeness (QED) is 0.251. The van der Waals surface area contributed by atoms with Crippen LogP contribution < -0.4 is 0 Å². The summed E-state index contributed by atoms with van der Waals surface area (Å²) in [5.41, 5.74) is 4.91. The van der Waals surface area contributed by atoms with Gasteiger partial charge in [0.25, 0.3) is 0 Å². The van der Waals surface area contributed by atoms with Gasteiger partial charge < -0.3 is 0 Å². The van der Waals surface area contributed by atoms with E-state index in [-0.39, 0.29) is 5.38 Å². The van der Waals surface area contributed by atoms with Gasteiger partial charge in [0.05, 0.1) is 5.38 Å². The van der Waals surface area contributed by atoms with E-state index in [0.29, 0.717) is 5.88 Å². The van der Waals surface area contributed by atoms with E-state index in [4.69, 9.17) is 23.2 Å². The first-order valence-corrected chi connectivity index (χ1v) is 11.7. The molecule has 164 valence electrons. The molecule has 0 aliphatic heterocycles. The zero-order chi connectivity index (χ0) is 22.9. The zero-order valence-electron chi connectivity index (χ0n) is 18.3. The summed E-state index contributed by atoms with van der Waals surface area (Å²) in [6, 6.07) is 40.7. The molecule has 0 nitrogen and oxygen atoms in total. The molecule has 0 spiro atoms. The number of aryl methyl sites for hydroxylation is 1. The van der Waals surface area contributed by atoms with Crippen LogP contribution in [0.25, 0.3) is 6.08 Å². The Bertz CT molecular complexity index is 968. The van der Waals surface area contributed by atoms with Crippen LogP contribution in [-0.2, 0) is 12.3 Å². The van der Waals surface area contributed by atoms with Gasteiger partial charge in [0.2, 0.25) is 0 Å². The molecule has 0 aliphatic rings. The van der Waals surface area contributed by atoms with Crippen molar-refractivity contribution >= 4 is 29.3 Å². The van der Waals surface area contributed by atoms with Gasteiger partial charge in [0.1, 0.15) is 0 Å². The second-order valence-electron chi connectivity index (χ2n) is 7.14. The molecule has 0 saturated heterocycles. The first kappa shape index (κ1) is 25.5. The van der Waals surface area contributed by atoms with Crippen molar-refractivity contribution in [1.82, 2.24) is 0 Å².